The number of alkyl halides is 3. The zero-order valence-corrected chi connectivity index (χ0v) is 8.93. The van der Waals surface area contributed by atoms with Crippen LogP contribution in [0.4, 0.5) is 13.2 Å². The summed E-state index contributed by atoms with van der Waals surface area (Å²) in [5.74, 6) is 0.575. The predicted molar refractivity (Wildman–Crippen MR) is 50.0 cm³/mol. The highest BCUT2D eigenvalue weighted by Crippen LogP contribution is 2.36. The molecule has 0 aromatic carbocycles. The Hall–Kier alpha value is -0.250. The van der Waals surface area contributed by atoms with Crippen LogP contribution in [0.25, 0.3) is 0 Å². The monoisotopic (exact) mass is 209 g/mol. The SMILES string of the molecule is CC(C)C1CCN(C)C(C(F)(F)F)C1. The van der Waals surface area contributed by atoms with Gasteiger partial charge in [-0.05, 0) is 38.3 Å². The molecule has 84 valence electrons. The van der Waals surface area contributed by atoms with Gasteiger partial charge >= 0.3 is 6.18 Å². The maximum absolute atomic E-state index is 12.6. The first-order valence-electron chi connectivity index (χ1n) is 5.09. The highest BCUT2D eigenvalue weighted by molar-refractivity contribution is 4.85. The fourth-order valence-electron chi connectivity index (χ4n) is 2.10. The van der Waals surface area contributed by atoms with Crippen molar-refractivity contribution < 1.29 is 13.2 Å². The first-order chi connectivity index (χ1) is 6.32. The van der Waals surface area contributed by atoms with Crippen LogP contribution in [0.1, 0.15) is 26.7 Å². The van der Waals surface area contributed by atoms with Crippen molar-refractivity contribution in [3.8, 4) is 0 Å². The third-order valence-corrected chi connectivity index (χ3v) is 3.23. The van der Waals surface area contributed by atoms with Crippen molar-refractivity contribution in [2.24, 2.45) is 11.8 Å². The molecule has 2 unspecified atom stereocenters. The van der Waals surface area contributed by atoms with Gasteiger partial charge in [-0.1, -0.05) is 13.8 Å². The maximum atomic E-state index is 12.6. The molecule has 2 atom stereocenters. The second-order valence-electron chi connectivity index (χ2n) is 4.57. The summed E-state index contributed by atoms with van der Waals surface area (Å²) in [4.78, 5) is 1.43. The van der Waals surface area contributed by atoms with Gasteiger partial charge in [0.05, 0.1) is 0 Å². The second-order valence-corrected chi connectivity index (χ2v) is 4.57. The highest BCUT2D eigenvalue weighted by atomic mass is 19.4. The third kappa shape index (κ3) is 2.62. The number of likely N-dealkylation sites (tertiary alicyclic amines) is 1. The number of hydrogen-bond acceptors (Lipinski definition) is 1. The standard InChI is InChI=1S/C10H18F3N/c1-7(2)8-4-5-14(3)9(6-8)10(11,12)13/h7-9H,4-6H2,1-3H3. The zero-order valence-electron chi connectivity index (χ0n) is 8.93. The van der Waals surface area contributed by atoms with Gasteiger partial charge in [0.15, 0.2) is 0 Å². The van der Waals surface area contributed by atoms with Crippen molar-refractivity contribution in [1.82, 2.24) is 4.90 Å². The molecule has 0 N–H and O–H groups in total. The Morgan fingerprint density at radius 3 is 2.29 bits per heavy atom. The van der Waals surface area contributed by atoms with Gasteiger partial charge in [-0.3, -0.25) is 4.90 Å². The van der Waals surface area contributed by atoms with Crippen LogP contribution in [0.5, 0.6) is 0 Å². The molecule has 4 heteroatoms. The summed E-state index contributed by atoms with van der Waals surface area (Å²) in [6, 6.07) is -1.23. The van der Waals surface area contributed by atoms with Crippen molar-refractivity contribution >= 4 is 0 Å². The average Bonchev–Trinajstić information content (AvgIpc) is 2.02. The largest absolute Gasteiger partial charge is 0.404 e. The van der Waals surface area contributed by atoms with E-state index in [0.29, 0.717) is 12.5 Å². The molecule has 1 saturated heterocycles. The van der Waals surface area contributed by atoms with Gasteiger partial charge < -0.3 is 0 Å². The minimum atomic E-state index is -4.07. The quantitative estimate of drug-likeness (QED) is 0.641. The summed E-state index contributed by atoms with van der Waals surface area (Å²) in [6.45, 7) is 4.57. The van der Waals surface area contributed by atoms with Crippen LogP contribution in [0.3, 0.4) is 0 Å². The molecule has 0 spiro atoms. The molecule has 1 heterocycles. The predicted octanol–water partition coefficient (Wildman–Crippen LogP) is 2.92. The Kier molecular flexibility index (Phi) is 3.45. The van der Waals surface area contributed by atoms with E-state index in [2.05, 4.69) is 0 Å². The highest BCUT2D eigenvalue weighted by Gasteiger charge is 2.45. The summed E-state index contributed by atoms with van der Waals surface area (Å²) < 4.78 is 37.8. The van der Waals surface area contributed by atoms with E-state index in [4.69, 9.17) is 0 Å². The van der Waals surface area contributed by atoms with Crippen molar-refractivity contribution in [1.29, 1.82) is 0 Å². The average molecular weight is 209 g/mol. The molecule has 1 aliphatic rings. The summed E-state index contributed by atoms with van der Waals surface area (Å²) in [5, 5.41) is 0. The summed E-state index contributed by atoms with van der Waals surface area (Å²) in [6.07, 6.45) is -2.92. The molecule has 0 saturated carbocycles. The second kappa shape index (κ2) is 4.09. The lowest BCUT2D eigenvalue weighted by molar-refractivity contribution is -0.193. The summed E-state index contributed by atoms with van der Waals surface area (Å²) in [5.41, 5.74) is 0. The number of rotatable bonds is 1. The van der Waals surface area contributed by atoms with Crippen molar-refractivity contribution in [2.45, 2.75) is 38.9 Å². The fourth-order valence-corrected chi connectivity index (χ4v) is 2.10. The first kappa shape index (κ1) is 11.8. The topological polar surface area (TPSA) is 3.24 Å². The molecule has 0 aromatic rings. The molecule has 1 rings (SSSR count). The van der Waals surface area contributed by atoms with E-state index < -0.39 is 12.2 Å². The number of piperidine rings is 1. The van der Waals surface area contributed by atoms with Crippen LogP contribution < -0.4 is 0 Å². The number of hydrogen-bond donors (Lipinski definition) is 0. The van der Waals surface area contributed by atoms with Gasteiger partial charge in [-0.2, -0.15) is 13.2 Å². The minimum absolute atomic E-state index is 0.220. The Labute approximate surface area is 83.3 Å². The van der Waals surface area contributed by atoms with E-state index in [9.17, 15) is 13.2 Å². The van der Waals surface area contributed by atoms with Gasteiger partial charge in [-0.15, -0.1) is 0 Å². The van der Waals surface area contributed by atoms with Gasteiger partial charge in [0.25, 0.3) is 0 Å². The van der Waals surface area contributed by atoms with E-state index in [1.165, 1.54) is 4.90 Å². The molecule has 1 aliphatic heterocycles. The van der Waals surface area contributed by atoms with Crippen LogP contribution >= 0.6 is 0 Å². The zero-order chi connectivity index (χ0) is 10.9. The van der Waals surface area contributed by atoms with Crippen LogP contribution in [0, 0.1) is 11.8 Å². The maximum Gasteiger partial charge on any atom is 0.404 e. The summed E-state index contributed by atoms with van der Waals surface area (Å²) in [7, 11) is 1.56. The fraction of sp³-hybridized carbons (Fsp3) is 1.00. The molecule has 0 bridgehead atoms. The summed E-state index contributed by atoms with van der Waals surface area (Å²) >= 11 is 0. The Morgan fingerprint density at radius 2 is 1.86 bits per heavy atom. The molecule has 1 nitrogen and oxygen atoms in total. The lowest BCUT2D eigenvalue weighted by Crippen LogP contribution is -2.49. The van der Waals surface area contributed by atoms with Crippen LogP contribution in [0.15, 0.2) is 0 Å². The van der Waals surface area contributed by atoms with Crippen molar-refractivity contribution in [3.05, 3.63) is 0 Å². The number of nitrogens with zero attached hydrogens (tertiary/aromatic N) is 1. The molecule has 0 amide bonds. The first-order valence-corrected chi connectivity index (χ1v) is 5.09. The van der Waals surface area contributed by atoms with Crippen LogP contribution in [-0.2, 0) is 0 Å². The van der Waals surface area contributed by atoms with E-state index in [1.807, 2.05) is 13.8 Å². The number of halogens is 3. The normalized spacial score (nSPS) is 31.1. The lowest BCUT2D eigenvalue weighted by atomic mass is 9.83. The lowest BCUT2D eigenvalue weighted by Gasteiger charge is -2.39. The third-order valence-electron chi connectivity index (χ3n) is 3.23. The molecule has 1 fully saturated rings. The van der Waals surface area contributed by atoms with E-state index >= 15 is 0 Å². The van der Waals surface area contributed by atoms with Gasteiger partial charge in [-0.25, -0.2) is 0 Å². The Balaban J connectivity index is 2.65. The molecule has 0 aliphatic carbocycles. The molecular weight excluding hydrogens is 191 g/mol. The van der Waals surface area contributed by atoms with Crippen LogP contribution in [-0.4, -0.2) is 30.7 Å². The van der Waals surface area contributed by atoms with Gasteiger partial charge in [0.1, 0.15) is 6.04 Å². The molecule has 0 aromatic heterocycles. The van der Waals surface area contributed by atoms with Gasteiger partial charge in [0, 0.05) is 0 Å². The van der Waals surface area contributed by atoms with Crippen molar-refractivity contribution in [2.75, 3.05) is 13.6 Å². The molecule has 0 radical (unpaired) electrons. The van der Waals surface area contributed by atoms with Crippen molar-refractivity contribution in [3.63, 3.8) is 0 Å². The molecule has 14 heavy (non-hydrogen) atoms. The molecular formula is C10H18F3N. The smallest absolute Gasteiger partial charge is 0.295 e. The van der Waals surface area contributed by atoms with E-state index in [-0.39, 0.29) is 12.3 Å². The van der Waals surface area contributed by atoms with Crippen LogP contribution in [0.2, 0.25) is 0 Å². The van der Waals surface area contributed by atoms with E-state index in [1.54, 1.807) is 7.05 Å². The van der Waals surface area contributed by atoms with Gasteiger partial charge in [0.2, 0.25) is 0 Å². The minimum Gasteiger partial charge on any atom is -0.295 e. The Morgan fingerprint density at radius 1 is 1.29 bits per heavy atom. The van der Waals surface area contributed by atoms with E-state index in [0.717, 1.165) is 6.42 Å². The Bertz CT molecular complexity index is 188.